The number of carbonyl (C=O) groups excluding carboxylic acids is 4. The maximum atomic E-state index is 11.3. The third-order valence-electron chi connectivity index (χ3n) is 2.97. The number of hydrogen-bond donors (Lipinski definition) is 1. The second-order valence-corrected chi connectivity index (χ2v) is 5.09. The summed E-state index contributed by atoms with van der Waals surface area (Å²) >= 11 is 0. The van der Waals surface area contributed by atoms with Crippen molar-refractivity contribution in [3.63, 3.8) is 0 Å². The van der Waals surface area contributed by atoms with Gasteiger partial charge in [0.25, 0.3) is 0 Å². The molecule has 10 heteroatoms. The topological polar surface area (TPSA) is 135 Å². The highest BCUT2D eigenvalue weighted by Crippen LogP contribution is 2.28. The van der Waals surface area contributed by atoms with E-state index in [-0.39, 0.29) is 6.61 Å². The number of rotatable bonds is 5. The van der Waals surface area contributed by atoms with Crippen LogP contribution in [-0.2, 0) is 42.9 Å². The van der Waals surface area contributed by atoms with Crippen molar-refractivity contribution in [2.24, 2.45) is 0 Å². The Kier molecular flexibility index (Phi) is 7.11. The third kappa shape index (κ3) is 5.78. The standard InChI is InChI=1S/C14H20O10/c1-6(15)20-5-10-11(21-7(2)16)12(22-8(3)17)13(14(19)24-10)23-9(4)18/h10-14,19H,5H2,1-4H3/t10?,11?,12-,13?,14-/m0/s1. The summed E-state index contributed by atoms with van der Waals surface area (Å²) in [5.74, 6) is -2.87. The van der Waals surface area contributed by atoms with Crippen molar-refractivity contribution in [2.75, 3.05) is 6.61 Å². The molecule has 1 rings (SSSR count). The molecule has 1 heterocycles. The van der Waals surface area contributed by atoms with Gasteiger partial charge in [-0.3, -0.25) is 19.2 Å². The molecule has 1 N–H and O–H groups in total. The smallest absolute Gasteiger partial charge is 0.303 e. The summed E-state index contributed by atoms with van der Waals surface area (Å²) < 4.78 is 25.0. The average Bonchev–Trinajstić information content (AvgIpc) is 2.42. The number of esters is 4. The lowest BCUT2D eigenvalue weighted by Crippen LogP contribution is -2.62. The maximum absolute atomic E-state index is 11.3. The first-order valence-corrected chi connectivity index (χ1v) is 7.10. The molecular formula is C14H20O10. The lowest BCUT2D eigenvalue weighted by atomic mass is 9.98. The van der Waals surface area contributed by atoms with E-state index in [9.17, 15) is 24.3 Å². The van der Waals surface area contributed by atoms with Gasteiger partial charge in [-0.25, -0.2) is 0 Å². The molecule has 0 spiro atoms. The molecule has 0 aromatic heterocycles. The van der Waals surface area contributed by atoms with Crippen molar-refractivity contribution in [1.29, 1.82) is 0 Å². The molecule has 0 amide bonds. The second-order valence-electron chi connectivity index (χ2n) is 5.09. The van der Waals surface area contributed by atoms with E-state index < -0.39 is 54.6 Å². The summed E-state index contributed by atoms with van der Waals surface area (Å²) in [6, 6.07) is 0. The minimum absolute atomic E-state index is 0.366. The number of ether oxygens (including phenoxy) is 5. The number of aliphatic hydroxyl groups is 1. The Labute approximate surface area is 137 Å². The van der Waals surface area contributed by atoms with E-state index in [1.165, 1.54) is 0 Å². The fourth-order valence-electron chi connectivity index (χ4n) is 2.21. The molecule has 1 saturated heterocycles. The van der Waals surface area contributed by atoms with E-state index in [4.69, 9.17) is 23.7 Å². The predicted octanol–water partition coefficient (Wildman–Crippen LogP) is -0.938. The minimum atomic E-state index is -1.68. The second kappa shape index (κ2) is 8.60. The predicted molar refractivity (Wildman–Crippen MR) is 74.2 cm³/mol. The van der Waals surface area contributed by atoms with Crippen LogP contribution in [0.4, 0.5) is 0 Å². The SMILES string of the molecule is CC(=O)OCC1O[C@H](O)C(OC(C)=O)[C@@H](OC(C)=O)C1OC(C)=O. The van der Waals surface area contributed by atoms with Crippen LogP contribution in [-0.4, -0.2) is 66.3 Å². The molecule has 0 saturated carbocycles. The normalized spacial score (nSPS) is 29.3. The lowest BCUT2D eigenvalue weighted by Gasteiger charge is -2.42. The molecule has 1 fully saturated rings. The monoisotopic (exact) mass is 348 g/mol. The van der Waals surface area contributed by atoms with Crippen molar-refractivity contribution in [2.45, 2.75) is 58.4 Å². The van der Waals surface area contributed by atoms with E-state index in [1.54, 1.807) is 0 Å². The van der Waals surface area contributed by atoms with E-state index in [0.717, 1.165) is 27.7 Å². The highest BCUT2D eigenvalue weighted by Gasteiger charge is 2.51. The molecule has 3 unspecified atom stereocenters. The summed E-state index contributed by atoms with van der Waals surface area (Å²) in [4.78, 5) is 44.9. The molecule has 0 aromatic carbocycles. The summed E-state index contributed by atoms with van der Waals surface area (Å²) in [7, 11) is 0. The van der Waals surface area contributed by atoms with Crippen LogP contribution >= 0.6 is 0 Å². The summed E-state index contributed by atoms with van der Waals surface area (Å²) in [5, 5.41) is 10.0. The first-order chi connectivity index (χ1) is 11.1. The van der Waals surface area contributed by atoms with Gasteiger partial charge in [-0.1, -0.05) is 0 Å². The van der Waals surface area contributed by atoms with Crippen LogP contribution in [0.3, 0.4) is 0 Å². The first-order valence-electron chi connectivity index (χ1n) is 7.10. The van der Waals surface area contributed by atoms with E-state index >= 15 is 0 Å². The molecular weight excluding hydrogens is 328 g/mol. The van der Waals surface area contributed by atoms with Gasteiger partial charge in [0, 0.05) is 27.7 Å². The van der Waals surface area contributed by atoms with Crippen molar-refractivity contribution in [1.82, 2.24) is 0 Å². The zero-order chi connectivity index (χ0) is 18.4. The fourth-order valence-corrected chi connectivity index (χ4v) is 2.21. The van der Waals surface area contributed by atoms with Gasteiger partial charge in [-0.2, -0.15) is 0 Å². The molecule has 0 radical (unpaired) electrons. The van der Waals surface area contributed by atoms with Crippen LogP contribution < -0.4 is 0 Å². The van der Waals surface area contributed by atoms with Crippen LogP contribution in [0.5, 0.6) is 0 Å². The van der Waals surface area contributed by atoms with Crippen molar-refractivity contribution in [3.05, 3.63) is 0 Å². The molecule has 5 atom stereocenters. The molecule has 10 nitrogen and oxygen atoms in total. The zero-order valence-electron chi connectivity index (χ0n) is 13.7. The summed E-state index contributed by atoms with van der Waals surface area (Å²) in [6.45, 7) is 4.09. The molecule has 0 aromatic rings. The first kappa shape index (κ1) is 19.8. The number of aliphatic hydroxyl groups excluding tert-OH is 1. The highest BCUT2D eigenvalue weighted by molar-refractivity contribution is 5.68. The lowest BCUT2D eigenvalue weighted by molar-refractivity contribution is -0.296. The highest BCUT2D eigenvalue weighted by atomic mass is 16.7. The van der Waals surface area contributed by atoms with Gasteiger partial charge in [-0.05, 0) is 0 Å². The van der Waals surface area contributed by atoms with Crippen LogP contribution in [0.1, 0.15) is 27.7 Å². The van der Waals surface area contributed by atoms with Crippen molar-refractivity contribution >= 4 is 23.9 Å². The minimum Gasteiger partial charge on any atom is -0.463 e. The largest absolute Gasteiger partial charge is 0.463 e. The van der Waals surface area contributed by atoms with Gasteiger partial charge >= 0.3 is 23.9 Å². The summed E-state index contributed by atoms with van der Waals surface area (Å²) in [5.41, 5.74) is 0. The Bertz CT molecular complexity index is 502. The van der Waals surface area contributed by atoms with E-state index in [1.807, 2.05) is 0 Å². The average molecular weight is 348 g/mol. The van der Waals surface area contributed by atoms with Gasteiger partial charge in [0.05, 0.1) is 0 Å². The van der Waals surface area contributed by atoms with Crippen LogP contribution in [0.25, 0.3) is 0 Å². The molecule has 1 aliphatic rings. The van der Waals surface area contributed by atoms with Gasteiger partial charge in [0.15, 0.2) is 24.6 Å². The molecule has 24 heavy (non-hydrogen) atoms. The number of carbonyl (C=O) groups is 4. The molecule has 0 bridgehead atoms. The van der Waals surface area contributed by atoms with Crippen molar-refractivity contribution in [3.8, 4) is 0 Å². The Morgan fingerprint density at radius 3 is 1.71 bits per heavy atom. The van der Waals surface area contributed by atoms with Crippen molar-refractivity contribution < 1.29 is 48.0 Å². The van der Waals surface area contributed by atoms with E-state index in [0.29, 0.717) is 0 Å². The quantitative estimate of drug-likeness (QED) is 0.490. The van der Waals surface area contributed by atoms with Gasteiger partial charge in [0.2, 0.25) is 0 Å². The molecule has 0 aliphatic carbocycles. The van der Waals surface area contributed by atoms with Gasteiger partial charge in [0.1, 0.15) is 12.7 Å². The van der Waals surface area contributed by atoms with Crippen LogP contribution in [0, 0.1) is 0 Å². The van der Waals surface area contributed by atoms with Gasteiger partial charge < -0.3 is 28.8 Å². The zero-order valence-corrected chi connectivity index (χ0v) is 13.7. The number of hydrogen-bond acceptors (Lipinski definition) is 10. The van der Waals surface area contributed by atoms with Crippen LogP contribution in [0.15, 0.2) is 0 Å². The Morgan fingerprint density at radius 2 is 1.25 bits per heavy atom. The summed E-state index contributed by atoms with van der Waals surface area (Å²) in [6.07, 6.45) is -6.79. The molecule has 136 valence electrons. The third-order valence-corrected chi connectivity index (χ3v) is 2.97. The Hall–Kier alpha value is -2.20. The maximum Gasteiger partial charge on any atom is 0.303 e. The van der Waals surface area contributed by atoms with E-state index in [2.05, 4.69) is 0 Å². The fraction of sp³-hybridized carbons (Fsp3) is 0.714. The Morgan fingerprint density at radius 1 is 0.792 bits per heavy atom. The van der Waals surface area contributed by atoms with Gasteiger partial charge in [-0.15, -0.1) is 0 Å². The molecule has 1 aliphatic heterocycles. The van der Waals surface area contributed by atoms with Crippen LogP contribution in [0.2, 0.25) is 0 Å². The Balaban J connectivity index is 3.11.